The number of benzene rings is 1. The van der Waals surface area contributed by atoms with Gasteiger partial charge in [0.05, 0.1) is 29.4 Å². The number of hydrogen-bond donors (Lipinski definition) is 0. The summed E-state index contributed by atoms with van der Waals surface area (Å²) >= 11 is 5.64. The molecular weight excluding hydrogens is 302 g/mol. The van der Waals surface area contributed by atoms with Gasteiger partial charge in [-0.1, -0.05) is 0 Å². The first-order chi connectivity index (χ1) is 9.97. The van der Waals surface area contributed by atoms with Gasteiger partial charge in [0.2, 0.25) is 0 Å². The number of hydrogen-bond acceptors (Lipinski definition) is 6. The molecule has 0 aromatic heterocycles. The fourth-order valence-electron chi connectivity index (χ4n) is 1.47. The number of carbonyl (C=O) groups excluding carboxylic acids is 2. The Hall–Kier alpha value is -2.15. The quantitative estimate of drug-likeness (QED) is 0.331. The number of alkyl halides is 1. The Kier molecular flexibility index (Phi) is 6.61. The fourth-order valence-corrected chi connectivity index (χ4v) is 1.64. The van der Waals surface area contributed by atoms with Crippen LogP contribution in [-0.4, -0.2) is 35.5 Å². The van der Waals surface area contributed by atoms with Crippen LogP contribution in [0.1, 0.15) is 23.7 Å². The lowest BCUT2D eigenvalue weighted by Crippen LogP contribution is -2.24. The van der Waals surface area contributed by atoms with E-state index in [1.807, 2.05) is 0 Å². The lowest BCUT2D eigenvalue weighted by atomic mass is 10.2. The highest BCUT2D eigenvalue weighted by Crippen LogP contribution is 2.14. The molecule has 0 bridgehead atoms. The minimum Gasteiger partial charge on any atom is -0.466 e. The SMILES string of the molecule is CCOC(=O)CC(CCl)OC(=O)c1ccc([N+](=O)[O-])cc1. The van der Waals surface area contributed by atoms with Crippen molar-refractivity contribution in [3.8, 4) is 0 Å². The summed E-state index contributed by atoms with van der Waals surface area (Å²) in [4.78, 5) is 33.1. The smallest absolute Gasteiger partial charge is 0.338 e. The maximum atomic E-state index is 11.8. The molecule has 0 aliphatic rings. The molecule has 0 amide bonds. The van der Waals surface area contributed by atoms with E-state index >= 15 is 0 Å². The van der Waals surface area contributed by atoms with Crippen LogP contribution in [0.4, 0.5) is 5.69 Å². The molecule has 1 unspecified atom stereocenters. The van der Waals surface area contributed by atoms with Crippen LogP contribution < -0.4 is 0 Å². The minimum absolute atomic E-state index is 0.0580. The monoisotopic (exact) mass is 315 g/mol. The van der Waals surface area contributed by atoms with Gasteiger partial charge in [-0.25, -0.2) is 4.79 Å². The summed E-state index contributed by atoms with van der Waals surface area (Å²) < 4.78 is 9.80. The van der Waals surface area contributed by atoms with E-state index in [9.17, 15) is 19.7 Å². The van der Waals surface area contributed by atoms with Crippen molar-refractivity contribution in [3.63, 3.8) is 0 Å². The molecule has 0 radical (unpaired) electrons. The van der Waals surface area contributed by atoms with E-state index in [0.29, 0.717) is 0 Å². The van der Waals surface area contributed by atoms with Crippen LogP contribution in [0.25, 0.3) is 0 Å². The molecule has 1 rings (SSSR count). The van der Waals surface area contributed by atoms with Gasteiger partial charge in [0.25, 0.3) is 5.69 Å². The van der Waals surface area contributed by atoms with Crippen LogP contribution in [0.5, 0.6) is 0 Å². The average molecular weight is 316 g/mol. The molecule has 1 aromatic carbocycles. The van der Waals surface area contributed by atoms with E-state index in [1.165, 1.54) is 24.3 Å². The first kappa shape index (κ1) is 16.9. The van der Waals surface area contributed by atoms with Gasteiger partial charge in [0.15, 0.2) is 0 Å². The first-order valence-corrected chi connectivity index (χ1v) is 6.68. The number of halogens is 1. The maximum Gasteiger partial charge on any atom is 0.338 e. The van der Waals surface area contributed by atoms with Crippen molar-refractivity contribution in [3.05, 3.63) is 39.9 Å². The van der Waals surface area contributed by atoms with E-state index in [0.717, 1.165) is 0 Å². The summed E-state index contributed by atoms with van der Waals surface area (Å²) in [6, 6.07) is 4.93. The summed E-state index contributed by atoms with van der Waals surface area (Å²) in [5.41, 5.74) is 0.00606. The predicted octanol–water partition coefficient (Wildman–Crippen LogP) is 2.31. The average Bonchev–Trinajstić information content (AvgIpc) is 2.46. The normalized spacial score (nSPS) is 11.5. The van der Waals surface area contributed by atoms with Crippen LogP contribution in [0.15, 0.2) is 24.3 Å². The molecule has 0 fully saturated rings. The molecule has 8 heteroatoms. The number of rotatable bonds is 7. The zero-order valence-electron chi connectivity index (χ0n) is 11.3. The topological polar surface area (TPSA) is 95.7 Å². The van der Waals surface area contributed by atoms with Gasteiger partial charge < -0.3 is 9.47 Å². The Morgan fingerprint density at radius 2 is 1.95 bits per heavy atom. The standard InChI is InChI=1S/C13H14ClNO6/c1-2-20-12(16)7-11(8-14)21-13(17)9-3-5-10(6-4-9)15(18)19/h3-6,11H,2,7-8H2,1H3. The third kappa shape index (κ3) is 5.39. The van der Waals surface area contributed by atoms with Crippen LogP contribution in [0.2, 0.25) is 0 Å². The Bertz CT molecular complexity index is 516. The number of nitro benzene ring substituents is 1. The van der Waals surface area contributed by atoms with Crippen molar-refractivity contribution >= 4 is 29.2 Å². The minimum atomic E-state index is -0.812. The van der Waals surface area contributed by atoms with Gasteiger partial charge >= 0.3 is 11.9 Å². The lowest BCUT2D eigenvalue weighted by Gasteiger charge is -2.14. The second-order valence-electron chi connectivity index (χ2n) is 3.99. The summed E-state index contributed by atoms with van der Waals surface area (Å²) in [5, 5.41) is 10.5. The maximum absolute atomic E-state index is 11.8. The van der Waals surface area contributed by atoms with Crippen molar-refractivity contribution in [1.82, 2.24) is 0 Å². The highest BCUT2D eigenvalue weighted by Gasteiger charge is 2.20. The van der Waals surface area contributed by atoms with E-state index < -0.39 is 23.0 Å². The Balaban J connectivity index is 2.65. The number of non-ortho nitro benzene ring substituents is 1. The van der Waals surface area contributed by atoms with E-state index in [1.54, 1.807) is 6.92 Å². The van der Waals surface area contributed by atoms with Crippen molar-refractivity contribution in [2.24, 2.45) is 0 Å². The van der Waals surface area contributed by atoms with Gasteiger partial charge in [0.1, 0.15) is 6.10 Å². The molecule has 0 aliphatic carbocycles. The van der Waals surface area contributed by atoms with Gasteiger partial charge in [-0.15, -0.1) is 11.6 Å². The van der Waals surface area contributed by atoms with Crippen LogP contribution in [0, 0.1) is 10.1 Å². The Labute approximate surface area is 125 Å². The molecule has 114 valence electrons. The molecule has 1 aromatic rings. The molecule has 7 nitrogen and oxygen atoms in total. The van der Waals surface area contributed by atoms with Crippen molar-refractivity contribution in [1.29, 1.82) is 0 Å². The summed E-state index contributed by atoms with van der Waals surface area (Å²) in [5.74, 6) is -1.28. The number of ether oxygens (including phenoxy) is 2. The molecule has 0 saturated heterocycles. The summed E-state index contributed by atoms with van der Waals surface area (Å²) in [6.07, 6.45) is -0.954. The zero-order chi connectivity index (χ0) is 15.8. The lowest BCUT2D eigenvalue weighted by molar-refractivity contribution is -0.384. The van der Waals surface area contributed by atoms with Crippen LogP contribution in [0.3, 0.4) is 0 Å². The van der Waals surface area contributed by atoms with Gasteiger partial charge in [-0.3, -0.25) is 14.9 Å². The van der Waals surface area contributed by atoms with E-state index in [2.05, 4.69) is 0 Å². The van der Waals surface area contributed by atoms with Gasteiger partial charge in [0, 0.05) is 12.1 Å². The molecule has 21 heavy (non-hydrogen) atoms. The summed E-state index contributed by atoms with van der Waals surface area (Å²) in [6.45, 7) is 1.89. The van der Waals surface area contributed by atoms with Crippen molar-refractivity contribution < 1.29 is 24.0 Å². The van der Waals surface area contributed by atoms with Crippen LogP contribution in [-0.2, 0) is 14.3 Å². The second-order valence-corrected chi connectivity index (χ2v) is 4.30. The largest absolute Gasteiger partial charge is 0.466 e. The fraction of sp³-hybridized carbons (Fsp3) is 0.385. The number of carbonyl (C=O) groups is 2. The van der Waals surface area contributed by atoms with Crippen molar-refractivity contribution in [2.45, 2.75) is 19.4 Å². The third-order valence-electron chi connectivity index (χ3n) is 2.46. The molecule has 0 aliphatic heterocycles. The van der Waals surface area contributed by atoms with Gasteiger partial charge in [-0.05, 0) is 19.1 Å². The van der Waals surface area contributed by atoms with Crippen molar-refractivity contribution in [2.75, 3.05) is 12.5 Å². The Morgan fingerprint density at radius 3 is 2.43 bits per heavy atom. The molecule has 0 N–H and O–H groups in total. The predicted molar refractivity (Wildman–Crippen MR) is 74.3 cm³/mol. The molecule has 1 atom stereocenters. The number of esters is 2. The third-order valence-corrected chi connectivity index (χ3v) is 2.80. The zero-order valence-corrected chi connectivity index (χ0v) is 12.0. The van der Waals surface area contributed by atoms with E-state index in [4.69, 9.17) is 21.1 Å². The number of nitrogens with zero attached hydrogens (tertiary/aromatic N) is 1. The van der Waals surface area contributed by atoms with Crippen LogP contribution >= 0.6 is 11.6 Å². The molecule has 0 spiro atoms. The molecule has 0 heterocycles. The molecular formula is C13H14ClNO6. The Morgan fingerprint density at radius 1 is 1.33 bits per heavy atom. The highest BCUT2D eigenvalue weighted by atomic mass is 35.5. The second kappa shape index (κ2) is 8.21. The summed E-state index contributed by atoms with van der Waals surface area (Å²) in [7, 11) is 0. The highest BCUT2D eigenvalue weighted by molar-refractivity contribution is 6.18. The number of nitro groups is 1. The molecule has 0 saturated carbocycles. The van der Waals surface area contributed by atoms with Gasteiger partial charge in [-0.2, -0.15) is 0 Å². The van der Waals surface area contributed by atoms with E-state index in [-0.39, 0.29) is 30.2 Å². The first-order valence-electron chi connectivity index (χ1n) is 6.15.